The van der Waals surface area contributed by atoms with Gasteiger partial charge in [-0.05, 0) is 50.5 Å². The maximum Gasteiger partial charge on any atom is 0.350 e. The molecule has 0 unspecified atom stereocenters. The minimum Gasteiger partial charge on any atom is -0.456 e. The van der Waals surface area contributed by atoms with Gasteiger partial charge in [0.05, 0.1) is 5.69 Å². The van der Waals surface area contributed by atoms with Crippen LogP contribution in [-0.2, 0) is 4.74 Å². The summed E-state index contributed by atoms with van der Waals surface area (Å²) in [6.07, 6.45) is 3.42. The van der Waals surface area contributed by atoms with Gasteiger partial charge in [-0.15, -0.1) is 0 Å². The highest BCUT2D eigenvalue weighted by Crippen LogP contribution is 2.22. The molecule has 2 aromatic heterocycles. The third-order valence-electron chi connectivity index (χ3n) is 2.07. The molecule has 0 fully saturated rings. The molecule has 18 heavy (non-hydrogen) atoms. The van der Waals surface area contributed by atoms with Gasteiger partial charge in [0.15, 0.2) is 0 Å². The van der Waals surface area contributed by atoms with E-state index in [2.05, 4.69) is 9.36 Å². The largest absolute Gasteiger partial charge is 0.456 e. The van der Waals surface area contributed by atoms with Crippen LogP contribution in [0.25, 0.3) is 11.3 Å². The number of esters is 1. The summed E-state index contributed by atoms with van der Waals surface area (Å²) < 4.78 is 9.53. The van der Waals surface area contributed by atoms with Gasteiger partial charge in [0.2, 0.25) is 0 Å². The van der Waals surface area contributed by atoms with Crippen LogP contribution in [0.3, 0.4) is 0 Å². The van der Waals surface area contributed by atoms with Gasteiger partial charge in [-0.2, -0.15) is 4.37 Å². The van der Waals surface area contributed by atoms with Crippen molar-refractivity contribution in [2.45, 2.75) is 26.4 Å². The Morgan fingerprint density at radius 2 is 2.17 bits per heavy atom. The van der Waals surface area contributed by atoms with E-state index < -0.39 is 5.60 Å². The molecule has 4 nitrogen and oxygen atoms in total. The summed E-state index contributed by atoms with van der Waals surface area (Å²) in [5, 5.41) is 0. The lowest BCUT2D eigenvalue weighted by molar-refractivity contribution is 0.00753. The first-order valence-corrected chi connectivity index (χ1v) is 6.33. The predicted molar refractivity (Wildman–Crippen MR) is 70.5 cm³/mol. The third kappa shape index (κ3) is 3.13. The number of aromatic nitrogens is 2. The second kappa shape index (κ2) is 4.86. The van der Waals surface area contributed by atoms with Gasteiger partial charge in [0, 0.05) is 18.0 Å². The molecular formula is C13H14N2O2S. The van der Waals surface area contributed by atoms with E-state index in [9.17, 15) is 4.79 Å². The monoisotopic (exact) mass is 262 g/mol. The van der Waals surface area contributed by atoms with Crippen LogP contribution in [0.15, 0.2) is 30.6 Å². The van der Waals surface area contributed by atoms with Crippen molar-refractivity contribution in [1.29, 1.82) is 0 Å². The Morgan fingerprint density at radius 3 is 2.78 bits per heavy atom. The molecule has 0 aliphatic carbocycles. The molecule has 0 saturated carbocycles. The quantitative estimate of drug-likeness (QED) is 0.780. The van der Waals surface area contributed by atoms with Crippen molar-refractivity contribution < 1.29 is 9.53 Å². The molecule has 0 atom stereocenters. The van der Waals surface area contributed by atoms with E-state index in [4.69, 9.17) is 4.74 Å². The molecule has 0 radical (unpaired) electrons. The van der Waals surface area contributed by atoms with Crippen molar-refractivity contribution in [3.8, 4) is 11.3 Å². The number of carbonyl (C=O) groups excluding carboxylic acids is 1. The van der Waals surface area contributed by atoms with Crippen LogP contribution < -0.4 is 0 Å². The fraction of sp³-hybridized carbons (Fsp3) is 0.308. The minimum atomic E-state index is -0.491. The van der Waals surface area contributed by atoms with Crippen molar-refractivity contribution in [3.05, 3.63) is 35.5 Å². The normalized spacial score (nSPS) is 11.3. The smallest absolute Gasteiger partial charge is 0.350 e. The lowest BCUT2D eigenvalue weighted by Crippen LogP contribution is -2.23. The van der Waals surface area contributed by atoms with Crippen molar-refractivity contribution in [1.82, 2.24) is 9.36 Å². The first kappa shape index (κ1) is 12.7. The summed E-state index contributed by atoms with van der Waals surface area (Å²) in [4.78, 5) is 16.4. The van der Waals surface area contributed by atoms with Crippen LogP contribution in [-0.4, -0.2) is 20.9 Å². The molecule has 0 aliphatic rings. The number of nitrogens with zero attached hydrogens (tertiary/aromatic N) is 2. The molecule has 0 aliphatic heterocycles. The summed E-state index contributed by atoms with van der Waals surface area (Å²) in [5.74, 6) is -0.338. The van der Waals surface area contributed by atoms with E-state index in [0.29, 0.717) is 4.88 Å². The van der Waals surface area contributed by atoms with Gasteiger partial charge < -0.3 is 4.74 Å². The summed E-state index contributed by atoms with van der Waals surface area (Å²) in [5.41, 5.74) is 1.15. The van der Waals surface area contributed by atoms with Gasteiger partial charge in [-0.1, -0.05) is 0 Å². The molecule has 0 saturated heterocycles. The molecule has 0 N–H and O–H groups in total. The average Bonchev–Trinajstić information content (AvgIpc) is 2.77. The van der Waals surface area contributed by atoms with E-state index in [0.717, 1.165) is 22.8 Å². The first-order valence-electron chi connectivity index (χ1n) is 5.56. The lowest BCUT2D eigenvalue weighted by Gasteiger charge is -2.18. The van der Waals surface area contributed by atoms with Gasteiger partial charge >= 0.3 is 5.97 Å². The van der Waals surface area contributed by atoms with Crippen molar-refractivity contribution in [3.63, 3.8) is 0 Å². The summed E-state index contributed by atoms with van der Waals surface area (Å²) in [6, 6.07) is 5.47. The van der Waals surface area contributed by atoms with Gasteiger partial charge in [0.25, 0.3) is 0 Å². The molecule has 2 aromatic rings. The maximum absolute atomic E-state index is 11.8. The van der Waals surface area contributed by atoms with E-state index in [1.165, 1.54) is 0 Å². The minimum absolute atomic E-state index is 0.338. The summed E-state index contributed by atoms with van der Waals surface area (Å²) in [6.45, 7) is 5.52. The number of ether oxygens (including phenoxy) is 1. The Morgan fingerprint density at radius 1 is 1.39 bits per heavy atom. The van der Waals surface area contributed by atoms with Gasteiger partial charge in [-0.25, -0.2) is 4.79 Å². The molecule has 2 heterocycles. The zero-order valence-electron chi connectivity index (χ0n) is 10.5. The fourth-order valence-corrected chi connectivity index (χ4v) is 1.99. The van der Waals surface area contributed by atoms with E-state index in [1.807, 2.05) is 32.9 Å². The van der Waals surface area contributed by atoms with E-state index in [1.54, 1.807) is 18.5 Å². The van der Waals surface area contributed by atoms with E-state index in [-0.39, 0.29) is 5.97 Å². The molecule has 94 valence electrons. The Labute approximate surface area is 110 Å². The molecule has 0 spiro atoms. The van der Waals surface area contributed by atoms with Crippen LogP contribution in [0, 0.1) is 0 Å². The highest BCUT2D eigenvalue weighted by molar-refractivity contribution is 7.08. The van der Waals surface area contributed by atoms with Crippen LogP contribution in [0.1, 0.15) is 30.4 Å². The standard InChI is InChI=1S/C13H14N2O2S/c1-13(2,3)17-12(16)11-7-10(15-18-11)9-5-4-6-14-8-9/h4-8H,1-3H3. The molecule has 2 rings (SSSR count). The molecule has 0 bridgehead atoms. The van der Waals surface area contributed by atoms with Crippen LogP contribution in [0.4, 0.5) is 0 Å². The zero-order chi connectivity index (χ0) is 13.2. The van der Waals surface area contributed by atoms with Crippen LogP contribution in [0.5, 0.6) is 0 Å². The number of rotatable bonds is 2. The third-order valence-corrected chi connectivity index (χ3v) is 2.84. The molecule has 0 amide bonds. The number of carbonyl (C=O) groups is 1. The Balaban J connectivity index is 2.19. The molecule has 5 heteroatoms. The highest BCUT2D eigenvalue weighted by Gasteiger charge is 2.20. The Hall–Kier alpha value is -1.75. The van der Waals surface area contributed by atoms with Gasteiger partial charge in [0.1, 0.15) is 10.5 Å². The molecular weight excluding hydrogens is 248 g/mol. The van der Waals surface area contributed by atoms with Crippen molar-refractivity contribution in [2.75, 3.05) is 0 Å². The van der Waals surface area contributed by atoms with Crippen molar-refractivity contribution >= 4 is 17.5 Å². The summed E-state index contributed by atoms with van der Waals surface area (Å²) in [7, 11) is 0. The maximum atomic E-state index is 11.8. The zero-order valence-corrected chi connectivity index (χ0v) is 11.3. The summed E-state index contributed by atoms with van der Waals surface area (Å²) >= 11 is 1.14. The SMILES string of the molecule is CC(C)(C)OC(=O)c1cc(-c2cccnc2)ns1. The van der Waals surface area contributed by atoms with Gasteiger partial charge in [-0.3, -0.25) is 4.98 Å². The first-order chi connectivity index (χ1) is 8.46. The topological polar surface area (TPSA) is 52.1 Å². The highest BCUT2D eigenvalue weighted by atomic mass is 32.1. The number of hydrogen-bond acceptors (Lipinski definition) is 5. The number of hydrogen-bond donors (Lipinski definition) is 0. The second-order valence-corrected chi connectivity index (χ2v) is 5.62. The predicted octanol–water partition coefficient (Wildman–Crippen LogP) is 3.16. The van der Waals surface area contributed by atoms with Crippen LogP contribution in [0.2, 0.25) is 0 Å². The van der Waals surface area contributed by atoms with E-state index >= 15 is 0 Å². The number of pyridine rings is 1. The Kier molecular flexibility index (Phi) is 3.43. The lowest BCUT2D eigenvalue weighted by atomic mass is 10.2. The fourth-order valence-electron chi connectivity index (χ4n) is 1.35. The second-order valence-electron chi connectivity index (χ2n) is 4.82. The van der Waals surface area contributed by atoms with Crippen molar-refractivity contribution in [2.24, 2.45) is 0 Å². The Bertz CT molecular complexity index is 544. The molecule has 0 aromatic carbocycles. The average molecular weight is 262 g/mol. The van der Waals surface area contributed by atoms with Crippen LogP contribution >= 0.6 is 11.5 Å².